The molecule has 4 rings (SSSR count). The maximum Gasteiger partial charge on any atom is 0.241 e. The fraction of sp³-hybridized carbons (Fsp3) is 0.278. The second-order valence-electron chi connectivity index (χ2n) is 6.23. The minimum Gasteiger partial charge on any atom is -0.461 e. The first-order valence-electron chi connectivity index (χ1n) is 8.46. The molecule has 3 aromatic rings. The summed E-state index contributed by atoms with van der Waals surface area (Å²) in [5.41, 5.74) is 0.499. The van der Waals surface area contributed by atoms with Crippen molar-refractivity contribution in [3.8, 4) is 11.6 Å². The third-order valence-electron chi connectivity index (χ3n) is 4.40. The molecule has 27 heavy (non-hydrogen) atoms. The third kappa shape index (κ3) is 4.00. The largest absolute Gasteiger partial charge is 0.461 e. The Bertz CT molecular complexity index is 942. The number of nitrogens with one attached hydrogen (secondary N) is 1. The fourth-order valence-electron chi connectivity index (χ4n) is 3.12. The SMILES string of the molecule is O=C(Nc1cc(Cl)ccc1Cl)[C@H]1CCCN1Cc1nc(-c2ccco2)no1. The van der Waals surface area contributed by atoms with Gasteiger partial charge in [-0.1, -0.05) is 28.4 Å². The number of furan rings is 1. The fourth-order valence-corrected chi connectivity index (χ4v) is 3.46. The maximum absolute atomic E-state index is 12.7. The van der Waals surface area contributed by atoms with Crippen LogP contribution in [0.4, 0.5) is 5.69 Å². The average Bonchev–Trinajstić information content (AvgIpc) is 3.39. The van der Waals surface area contributed by atoms with Crippen LogP contribution in [-0.2, 0) is 11.3 Å². The van der Waals surface area contributed by atoms with Crippen LogP contribution in [0.25, 0.3) is 11.6 Å². The number of amides is 1. The van der Waals surface area contributed by atoms with Crippen molar-refractivity contribution in [2.45, 2.75) is 25.4 Å². The smallest absolute Gasteiger partial charge is 0.241 e. The van der Waals surface area contributed by atoms with Crippen molar-refractivity contribution < 1.29 is 13.7 Å². The molecule has 0 saturated carbocycles. The number of hydrogen-bond acceptors (Lipinski definition) is 6. The Kier molecular flexibility index (Phi) is 5.15. The predicted molar refractivity (Wildman–Crippen MR) is 101 cm³/mol. The third-order valence-corrected chi connectivity index (χ3v) is 4.97. The molecule has 1 amide bonds. The number of anilines is 1. The minimum atomic E-state index is -0.306. The van der Waals surface area contributed by atoms with Crippen LogP contribution in [0.3, 0.4) is 0 Å². The molecule has 1 aliphatic rings. The summed E-state index contributed by atoms with van der Waals surface area (Å²) in [6, 6.07) is 8.17. The Labute approximate surface area is 165 Å². The number of rotatable bonds is 5. The molecular formula is C18H16Cl2N4O3. The Balaban J connectivity index is 1.44. The molecule has 1 fully saturated rings. The molecule has 0 spiro atoms. The molecule has 1 saturated heterocycles. The monoisotopic (exact) mass is 406 g/mol. The van der Waals surface area contributed by atoms with Crippen LogP contribution in [0.2, 0.25) is 10.0 Å². The van der Waals surface area contributed by atoms with E-state index in [1.165, 1.54) is 0 Å². The van der Waals surface area contributed by atoms with Gasteiger partial charge in [-0.25, -0.2) is 0 Å². The highest BCUT2D eigenvalue weighted by atomic mass is 35.5. The molecule has 140 valence electrons. The average molecular weight is 407 g/mol. The molecule has 7 nitrogen and oxygen atoms in total. The minimum absolute atomic E-state index is 0.137. The van der Waals surface area contributed by atoms with Crippen molar-refractivity contribution in [3.05, 3.63) is 52.5 Å². The van der Waals surface area contributed by atoms with E-state index < -0.39 is 0 Å². The van der Waals surface area contributed by atoms with Gasteiger partial charge in [0.25, 0.3) is 0 Å². The van der Waals surface area contributed by atoms with Crippen molar-refractivity contribution in [2.24, 2.45) is 0 Å². The van der Waals surface area contributed by atoms with E-state index in [-0.39, 0.29) is 11.9 Å². The molecule has 3 heterocycles. The highest BCUT2D eigenvalue weighted by Crippen LogP contribution is 2.27. The molecule has 0 bridgehead atoms. The first kappa shape index (κ1) is 18.0. The van der Waals surface area contributed by atoms with Crippen molar-refractivity contribution in [2.75, 3.05) is 11.9 Å². The molecule has 2 aromatic heterocycles. The summed E-state index contributed by atoms with van der Waals surface area (Å²) in [7, 11) is 0. The predicted octanol–water partition coefficient (Wildman–Crippen LogP) is 4.24. The van der Waals surface area contributed by atoms with Crippen LogP contribution in [0.5, 0.6) is 0 Å². The van der Waals surface area contributed by atoms with E-state index in [0.29, 0.717) is 39.8 Å². The zero-order valence-electron chi connectivity index (χ0n) is 14.2. The molecule has 1 atom stereocenters. The molecule has 9 heteroatoms. The van der Waals surface area contributed by atoms with E-state index in [9.17, 15) is 4.79 Å². The van der Waals surface area contributed by atoms with Crippen molar-refractivity contribution >= 4 is 34.8 Å². The van der Waals surface area contributed by atoms with Gasteiger partial charge in [0.2, 0.25) is 17.6 Å². The second-order valence-corrected chi connectivity index (χ2v) is 7.07. The van der Waals surface area contributed by atoms with Gasteiger partial charge in [0.15, 0.2) is 5.76 Å². The summed E-state index contributed by atoms with van der Waals surface area (Å²) in [4.78, 5) is 19.1. The number of halogens is 2. The van der Waals surface area contributed by atoms with Gasteiger partial charge in [-0.3, -0.25) is 9.69 Å². The van der Waals surface area contributed by atoms with Gasteiger partial charge in [0, 0.05) is 5.02 Å². The van der Waals surface area contributed by atoms with E-state index in [4.69, 9.17) is 32.1 Å². The molecule has 1 N–H and O–H groups in total. The van der Waals surface area contributed by atoms with E-state index in [0.717, 1.165) is 19.4 Å². The lowest BCUT2D eigenvalue weighted by molar-refractivity contribution is -0.120. The van der Waals surface area contributed by atoms with Gasteiger partial charge in [0.1, 0.15) is 0 Å². The summed E-state index contributed by atoms with van der Waals surface area (Å²) in [6.07, 6.45) is 3.19. The van der Waals surface area contributed by atoms with E-state index in [2.05, 4.69) is 15.5 Å². The lowest BCUT2D eigenvalue weighted by Crippen LogP contribution is -2.39. The molecular weight excluding hydrogens is 391 g/mol. The number of carbonyl (C=O) groups excluding carboxylic acids is 1. The van der Waals surface area contributed by atoms with Crippen LogP contribution in [0.1, 0.15) is 18.7 Å². The lowest BCUT2D eigenvalue weighted by Gasteiger charge is -2.22. The Morgan fingerprint density at radius 1 is 1.33 bits per heavy atom. The summed E-state index contributed by atoms with van der Waals surface area (Å²) >= 11 is 12.1. The summed E-state index contributed by atoms with van der Waals surface area (Å²) in [6.45, 7) is 1.15. The van der Waals surface area contributed by atoms with Gasteiger partial charge >= 0.3 is 0 Å². The Morgan fingerprint density at radius 3 is 3.04 bits per heavy atom. The number of likely N-dealkylation sites (tertiary alicyclic amines) is 1. The van der Waals surface area contributed by atoms with Crippen LogP contribution in [-0.4, -0.2) is 33.5 Å². The van der Waals surface area contributed by atoms with Crippen LogP contribution < -0.4 is 5.32 Å². The molecule has 1 aliphatic heterocycles. The number of benzene rings is 1. The quantitative estimate of drug-likeness (QED) is 0.681. The summed E-state index contributed by atoms with van der Waals surface area (Å²) in [5.74, 6) is 1.22. The van der Waals surface area contributed by atoms with Gasteiger partial charge < -0.3 is 14.3 Å². The summed E-state index contributed by atoms with van der Waals surface area (Å²) < 4.78 is 10.6. The number of nitrogens with zero attached hydrogens (tertiary/aromatic N) is 3. The molecule has 1 aromatic carbocycles. The van der Waals surface area contributed by atoms with Gasteiger partial charge in [-0.2, -0.15) is 4.98 Å². The first-order chi connectivity index (χ1) is 13.1. The van der Waals surface area contributed by atoms with Crippen LogP contribution in [0.15, 0.2) is 45.5 Å². The van der Waals surface area contributed by atoms with Crippen molar-refractivity contribution in [3.63, 3.8) is 0 Å². The molecule has 0 radical (unpaired) electrons. The second kappa shape index (κ2) is 7.72. The molecule has 0 aliphatic carbocycles. The van der Waals surface area contributed by atoms with Crippen molar-refractivity contribution in [1.82, 2.24) is 15.0 Å². The van der Waals surface area contributed by atoms with E-state index in [1.807, 2.05) is 4.90 Å². The molecule has 0 unspecified atom stereocenters. The number of hydrogen-bond donors (Lipinski definition) is 1. The van der Waals surface area contributed by atoms with E-state index in [1.54, 1.807) is 36.6 Å². The van der Waals surface area contributed by atoms with Gasteiger partial charge in [-0.05, 0) is 49.7 Å². The highest BCUT2D eigenvalue weighted by Gasteiger charge is 2.32. The highest BCUT2D eigenvalue weighted by molar-refractivity contribution is 6.35. The van der Waals surface area contributed by atoms with E-state index >= 15 is 0 Å². The zero-order valence-corrected chi connectivity index (χ0v) is 15.7. The lowest BCUT2D eigenvalue weighted by atomic mass is 10.2. The number of carbonyl (C=O) groups is 1. The van der Waals surface area contributed by atoms with Crippen molar-refractivity contribution in [1.29, 1.82) is 0 Å². The van der Waals surface area contributed by atoms with Crippen LogP contribution >= 0.6 is 23.2 Å². The van der Waals surface area contributed by atoms with Gasteiger partial charge in [-0.15, -0.1) is 0 Å². The maximum atomic E-state index is 12.7. The standard InChI is InChI=1S/C18H16Cl2N4O3/c19-11-5-6-12(20)13(9-11)21-18(25)14-3-1-7-24(14)10-16-22-17(23-27-16)15-4-2-8-26-15/h2,4-6,8-9,14H,1,3,7,10H2,(H,21,25)/t14-/m1/s1. The number of aromatic nitrogens is 2. The van der Waals surface area contributed by atoms with Gasteiger partial charge in [0.05, 0.1) is 29.6 Å². The summed E-state index contributed by atoms with van der Waals surface area (Å²) in [5, 5.41) is 7.73. The Morgan fingerprint density at radius 2 is 2.22 bits per heavy atom. The zero-order chi connectivity index (χ0) is 18.8. The van der Waals surface area contributed by atoms with Crippen LogP contribution in [0, 0.1) is 0 Å². The normalized spacial score (nSPS) is 17.3. The topological polar surface area (TPSA) is 84.4 Å². The Hall–Kier alpha value is -2.35. The first-order valence-corrected chi connectivity index (χ1v) is 9.22.